The number of amides is 5. The Balaban J connectivity index is 1.15. The molecule has 59 heavy (non-hydrogen) atoms. The Bertz CT molecular complexity index is 2410. The van der Waals surface area contributed by atoms with Gasteiger partial charge >= 0.3 is 17.7 Å². The van der Waals surface area contributed by atoms with E-state index in [1.165, 1.54) is 25.8 Å². The molecule has 1 fully saturated rings. The predicted octanol–water partition coefficient (Wildman–Crippen LogP) is -0.609. The molecule has 2 aromatic heterocycles. The molecule has 7 atom stereocenters. The number of carboxylic acids is 1. The normalized spacial score (nSPS) is 20.0. The predicted molar refractivity (Wildman–Crippen MR) is 209 cm³/mol. The zero-order valence-electron chi connectivity index (χ0n) is 32.2. The molecule has 4 heterocycles. The lowest BCUT2D eigenvalue weighted by Gasteiger charge is -2.35. The van der Waals surface area contributed by atoms with Crippen LogP contribution < -0.4 is 37.8 Å². The van der Waals surface area contributed by atoms with Crippen molar-refractivity contribution in [2.75, 3.05) is 7.05 Å². The van der Waals surface area contributed by atoms with Gasteiger partial charge in [0.1, 0.15) is 35.7 Å². The third kappa shape index (κ3) is 9.45. The Kier molecular flexibility index (Phi) is 12.5. The van der Waals surface area contributed by atoms with Crippen LogP contribution in [0.4, 0.5) is 4.79 Å². The summed E-state index contributed by atoms with van der Waals surface area (Å²) in [5, 5.41) is 44.6. The van der Waals surface area contributed by atoms with Crippen molar-refractivity contribution in [2.24, 2.45) is 0 Å². The first-order chi connectivity index (χ1) is 28.1. The zero-order chi connectivity index (χ0) is 42.5. The summed E-state index contributed by atoms with van der Waals surface area (Å²) in [5.74, 6) is -3.26. The van der Waals surface area contributed by atoms with Crippen LogP contribution in [0.2, 0.25) is 0 Å². The van der Waals surface area contributed by atoms with E-state index >= 15 is 0 Å². The largest absolute Gasteiger partial charge is 0.508 e. The molecule has 5 amide bonds. The van der Waals surface area contributed by atoms with Crippen LogP contribution in [0, 0.1) is 0 Å². The molecule has 0 aliphatic carbocycles. The molecule has 2 aromatic carbocycles. The summed E-state index contributed by atoms with van der Waals surface area (Å²) in [7, 11) is 1.45. The minimum atomic E-state index is -1.46. The number of aliphatic hydroxyl groups is 1. The summed E-state index contributed by atoms with van der Waals surface area (Å²) < 4.78 is 6.68. The molecule has 6 rings (SSSR count). The maximum absolute atomic E-state index is 13.9. The van der Waals surface area contributed by atoms with Gasteiger partial charge in [-0.1, -0.05) is 30.3 Å². The van der Waals surface area contributed by atoms with E-state index in [4.69, 9.17) is 4.74 Å². The first kappa shape index (κ1) is 41.7. The number of nitrogens with one attached hydrogen (secondary N) is 7. The number of aliphatic carboxylic acids is 1. The Hall–Kier alpha value is -6.93. The van der Waals surface area contributed by atoms with E-state index in [1.807, 2.05) is 18.2 Å². The van der Waals surface area contributed by atoms with Crippen molar-refractivity contribution in [1.82, 2.24) is 46.0 Å². The van der Waals surface area contributed by atoms with Crippen LogP contribution in [-0.2, 0) is 43.3 Å². The monoisotopic (exact) mass is 815 g/mol. The van der Waals surface area contributed by atoms with Crippen LogP contribution >= 0.6 is 0 Å². The standard InChI is InChI=1S/C39H45N9O11/c1-19(43-38(57)44-28(37(55)56)14-22-16-40-26-9-5-4-8-24(22)26)33(52)46-32(20(2)47(3)35(54)27-13-21-7-6-10-29(49)25(21)18-41-27)34(53)42-17-23-15-30(50)36(59-23)48-12-11-31(51)45-39(48)58/h4-12,16-17,19-20,27-28,30,32,36,40-41,49-50H,13-15,18H2,1-3H3,(H,42,53)(H,46,52)(H,55,56)(H2,43,44,57)(H,45,51,58)/b23-17-/t19-,20+,27-,28+,30-,32+,36-/m1/s1. The van der Waals surface area contributed by atoms with Crippen molar-refractivity contribution in [3.05, 3.63) is 110 Å². The molecule has 312 valence electrons. The number of rotatable bonds is 13. The number of aromatic amines is 2. The molecule has 0 bridgehead atoms. The number of para-hydroxylation sites is 1. The Morgan fingerprint density at radius 2 is 1.76 bits per heavy atom. The smallest absolute Gasteiger partial charge is 0.331 e. The second-order valence-electron chi connectivity index (χ2n) is 14.4. The van der Waals surface area contributed by atoms with E-state index in [2.05, 4.69) is 36.6 Å². The second-order valence-corrected chi connectivity index (χ2v) is 14.4. The average molecular weight is 816 g/mol. The van der Waals surface area contributed by atoms with E-state index in [-0.39, 0.29) is 37.3 Å². The third-order valence-corrected chi connectivity index (χ3v) is 10.5. The number of hydrogen-bond acceptors (Lipinski definition) is 11. The van der Waals surface area contributed by atoms with Gasteiger partial charge in [0.05, 0.1) is 12.1 Å². The highest BCUT2D eigenvalue weighted by molar-refractivity contribution is 5.94. The van der Waals surface area contributed by atoms with Gasteiger partial charge < -0.3 is 56.5 Å². The SMILES string of the molecule is C[C@@H](NC(=O)N[C@@H](Cc1c[nH]c2ccccc12)C(=O)O)C(=O)N[C@H](C(=O)N/C=C1/C[C@@H](O)[C@H](n2ccc(=O)[nH]c2=O)O1)[C@H](C)N(C)C(=O)[C@H]1Cc2cccc(O)c2CN1. The van der Waals surface area contributed by atoms with Gasteiger partial charge in [-0.3, -0.25) is 28.7 Å². The summed E-state index contributed by atoms with van der Waals surface area (Å²) >= 11 is 0. The van der Waals surface area contributed by atoms with Crippen LogP contribution in [-0.4, -0.2) is 108 Å². The van der Waals surface area contributed by atoms with Gasteiger partial charge in [0.25, 0.3) is 5.56 Å². The fourth-order valence-electron chi connectivity index (χ4n) is 7.04. The van der Waals surface area contributed by atoms with Crippen molar-refractivity contribution in [1.29, 1.82) is 0 Å². The fourth-order valence-corrected chi connectivity index (χ4v) is 7.04. The van der Waals surface area contributed by atoms with Gasteiger partial charge in [0, 0.05) is 67.6 Å². The molecule has 2 aliphatic heterocycles. The number of aromatic nitrogens is 3. The van der Waals surface area contributed by atoms with Crippen LogP contribution in [0.15, 0.2) is 82.5 Å². The maximum atomic E-state index is 13.9. The summed E-state index contributed by atoms with van der Waals surface area (Å²) in [4.78, 5) is 96.7. The number of aliphatic hydroxyl groups excluding tert-OH is 1. The molecule has 20 heteroatoms. The number of hydrogen-bond donors (Lipinski definition) is 10. The molecule has 10 N–H and O–H groups in total. The number of phenols is 1. The molecule has 0 unspecified atom stereocenters. The summed E-state index contributed by atoms with van der Waals surface area (Å²) in [6, 6.07) is 6.51. The van der Waals surface area contributed by atoms with E-state index in [0.29, 0.717) is 11.1 Å². The number of fused-ring (bicyclic) bond motifs is 2. The zero-order valence-corrected chi connectivity index (χ0v) is 32.2. The lowest BCUT2D eigenvalue weighted by Crippen LogP contribution is -2.62. The lowest BCUT2D eigenvalue weighted by atomic mass is 9.94. The Morgan fingerprint density at radius 1 is 1.00 bits per heavy atom. The van der Waals surface area contributed by atoms with Gasteiger partial charge in [-0.05, 0) is 43.5 Å². The number of carbonyl (C=O) groups is 5. The highest BCUT2D eigenvalue weighted by atomic mass is 16.5. The fraction of sp³-hybridized carbons (Fsp3) is 0.359. The number of phenolic OH excluding ortho intramolecular Hbond substituents is 1. The van der Waals surface area contributed by atoms with Gasteiger partial charge in [-0.15, -0.1) is 0 Å². The number of carboxylic acid groups (broad SMARTS) is 1. The van der Waals surface area contributed by atoms with Gasteiger partial charge in [0.15, 0.2) is 0 Å². The van der Waals surface area contributed by atoms with Crippen molar-refractivity contribution in [3.8, 4) is 5.75 Å². The molecular weight excluding hydrogens is 770 g/mol. The third-order valence-electron chi connectivity index (χ3n) is 10.5. The summed E-state index contributed by atoms with van der Waals surface area (Å²) in [6.07, 6.45) is 1.52. The maximum Gasteiger partial charge on any atom is 0.331 e. The van der Waals surface area contributed by atoms with Crippen molar-refractivity contribution >= 4 is 40.6 Å². The molecular formula is C39H45N9O11. The number of aromatic hydroxyl groups is 1. The van der Waals surface area contributed by atoms with Crippen LogP contribution in [0.5, 0.6) is 5.75 Å². The quantitative estimate of drug-likeness (QED) is 0.0809. The van der Waals surface area contributed by atoms with Crippen LogP contribution in [0.3, 0.4) is 0 Å². The lowest BCUT2D eigenvalue weighted by molar-refractivity contribution is -0.139. The first-order valence-corrected chi connectivity index (χ1v) is 18.7. The minimum absolute atomic E-state index is 0.0526. The number of carbonyl (C=O) groups excluding carboxylic acids is 4. The molecule has 1 saturated heterocycles. The van der Waals surface area contributed by atoms with Gasteiger partial charge in [-0.2, -0.15) is 0 Å². The molecule has 2 aliphatic rings. The Labute approximate surface area is 335 Å². The van der Waals surface area contributed by atoms with Gasteiger partial charge in [-0.25, -0.2) is 14.4 Å². The Morgan fingerprint density at radius 3 is 2.51 bits per heavy atom. The van der Waals surface area contributed by atoms with Gasteiger partial charge in [0.2, 0.25) is 23.9 Å². The number of nitrogens with zero attached hydrogens (tertiary/aromatic N) is 2. The van der Waals surface area contributed by atoms with Crippen LogP contribution in [0.25, 0.3) is 10.9 Å². The van der Waals surface area contributed by atoms with Crippen LogP contribution in [0.1, 0.15) is 43.2 Å². The van der Waals surface area contributed by atoms with E-state index in [9.17, 15) is 48.9 Å². The number of ether oxygens (including phenoxy) is 1. The van der Waals surface area contributed by atoms with E-state index < -0.39 is 83.5 Å². The minimum Gasteiger partial charge on any atom is -0.508 e. The van der Waals surface area contributed by atoms with Crippen molar-refractivity contribution in [3.63, 3.8) is 0 Å². The summed E-state index contributed by atoms with van der Waals surface area (Å²) in [5.41, 5.74) is 1.40. The number of benzene rings is 2. The van der Waals surface area contributed by atoms with E-state index in [0.717, 1.165) is 39.5 Å². The van der Waals surface area contributed by atoms with Crippen molar-refractivity contribution in [2.45, 2.75) is 82.2 Å². The highest BCUT2D eigenvalue weighted by Gasteiger charge is 2.37. The second kappa shape index (κ2) is 17.7. The number of H-pyrrole nitrogens is 2. The average Bonchev–Trinajstić information content (AvgIpc) is 3.79. The first-order valence-electron chi connectivity index (χ1n) is 18.7. The molecule has 0 radical (unpaired) electrons. The number of urea groups is 1. The molecule has 20 nitrogen and oxygen atoms in total. The number of likely N-dealkylation sites (N-methyl/N-ethyl adjacent to an activating group) is 1. The summed E-state index contributed by atoms with van der Waals surface area (Å²) in [6.45, 7) is 3.06. The molecule has 0 saturated carbocycles. The highest BCUT2D eigenvalue weighted by Crippen LogP contribution is 2.30. The molecule has 0 spiro atoms. The topological polar surface area (TPSA) is 289 Å². The van der Waals surface area contributed by atoms with E-state index in [1.54, 1.807) is 30.5 Å². The van der Waals surface area contributed by atoms with Crippen molar-refractivity contribution < 1.29 is 44.0 Å². The molecule has 4 aromatic rings.